The summed E-state index contributed by atoms with van der Waals surface area (Å²) in [5.41, 5.74) is 3.62. The lowest BCUT2D eigenvalue weighted by Crippen LogP contribution is -2.46. The topological polar surface area (TPSA) is 35.6 Å². The maximum atomic E-state index is 16.0. The maximum absolute atomic E-state index is 16.0. The fourth-order valence-corrected chi connectivity index (χ4v) is 12.4. The molecule has 0 radical (unpaired) electrons. The Kier molecular flexibility index (Phi) is 7.67. The summed E-state index contributed by atoms with van der Waals surface area (Å²) in [4.78, 5) is 3.99. The molecule has 36 heavy (non-hydrogen) atoms. The molecule has 3 atom stereocenters. The Bertz CT molecular complexity index is 1110. The Balaban J connectivity index is 1.66. The Morgan fingerprint density at radius 2 is 1.17 bits per heavy atom. The molecule has 1 saturated carbocycles. The van der Waals surface area contributed by atoms with Crippen LogP contribution in [0.25, 0.3) is 0 Å². The van der Waals surface area contributed by atoms with Crippen LogP contribution in [0.1, 0.15) is 48.2 Å². The summed E-state index contributed by atoms with van der Waals surface area (Å²) in [6.45, 7) is 8.41. The highest BCUT2D eigenvalue weighted by Crippen LogP contribution is 2.71. The third-order valence-corrected chi connectivity index (χ3v) is 12.4. The van der Waals surface area contributed by atoms with Crippen molar-refractivity contribution in [1.82, 2.24) is 14.3 Å². The van der Waals surface area contributed by atoms with Gasteiger partial charge in [-0.1, -0.05) is 123 Å². The van der Waals surface area contributed by atoms with Gasteiger partial charge in [-0.3, -0.25) is 4.57 Å². The highest BCUT2D eigenvalue weighted by atomic mass is 31.2. The molecule has 190 valence electrons. The van der Waals surface area contributed by atoms with Gasteiger partial charge in [0.05, 0.1) is 0 Å². The molecule has 1 N–H and O–H groups in total. The van der Waals surface area contributed by atoms with Crippen molar-refractivity contribution in [3.63, 3.8) is 0 Å². The minimum atomic E-state index is -3.06. The van der Waals surface area contributed by atoms with Gasteiger partial charge in [-0.2, -0.15) is 0 Å². The van der Waals surface area contributed by atoms with E-state index < -0.39 is 15.7 Å². The summed E-state index contributed by atoms with van der Waals surface area (Å²) in [7, 11) is -4.85. The first-order valence-electron chi connectivity index (χ1n) is 13.4. The van der Waals surface area contributed by atoms with Crippen LogP contribution in [-0.4, -0.2) is 29.7 Å². The van der Waals surface area contributed by atoms with Gasteiger partial charge in [-0.25, -0.2) is 9.34 Å². The van der Waals surface area contributed by atoms with Crippen molar-refractivity contribution < 1.29 is 4.57 Å². The van der Waals surface area contributed by atoms with Crippen LogP contribution in [-0.2, 0) is 17.7 Å². The lowest BCUT2D eigenvalue weighted by Gasteiger charge is -2.41. The Labute approximate surface area is 218 Å². The molecule has 0 bridgehead atoms. The molecule has 5 rings (SSSR count). The molecule has 0 spiro atoms. The molecule has 3 aromatic rings. The second-order valence-electron chi connectivity index (χ2n) is 11.4. The van der Waals surface area contributed by atoms with E-state index in [4.69, 9.17) is 0 Å². The highest BCUT2D eigenvalue weighted by Gasteiger charge is 2.58. The van der Waals surface area contributed by atoms with Crippen molar-refractivity contribution in [1.29, 1.82) is 0 Å². The van der Waals surface area contributed by atoms with E-state index in [1.165, 1.54) is 24.0 Å². The molecular weight excluding hydrogens is 477 g/mol. The van der Waals surface area contributed by atoms with E-state index in [-0.39, 0.29) is 5.78 Å². The first kappa shape index (κ1) is 25.6. The molecule has 0 aromatic heterocycles. The summed E-state index contributed by atoms with van der Waals surface area (Å²) >= 11 is 0. The average molecular weight is 518 g/mol. The van der Waals surface area contributed by atoms with Crippen LogP contribution in [0, 0.1) is 0 Å². The van der Waals surface area contributed by atoms with Crippen LogP contribution in [0.4, 0.5) is 0 Å². The lowest BCUT2D eigenvalue weighted by atomic mass is 9.90. The van der Waals surface area contributed by atoms with Crippen LogP contribution >= 0.6 is 7.44 Å². The Morgan fingerprint density at radius 3 is 1.58 bits per heavy atom. The Morgan fingerprint density at radius 1 is 0.750 bits per heavy atom. The normalized spacial score (nSPS) is 23.3. The summed E-state index contributed by atoms with van der Waals surface area (Å²) < 4.78 is 20.9. The van der Waals surface area contributed by atoms with E-state index in [2.05, 4.69) is 125 Å². The fourth-order valence-electron chi connectivity index (χ4n) is 6.04. The second kappa shape index (κ2) is 10.8. The van der Waals surface area contributed by atoms with Crippen molar-refractivity contribution in [2.24, 2.45) is 0 Å². The van der Waals surface area contributed by atoms with E-state index in [9.17, 15) is 0 Å². The van der Waals surface area contributed by atoms with Gasteiger partial charge in [0, 0.05) is 25.2 Å². The molecule has 3 aromatic carbocycles. The van der Waals surface area contributed by atoms with Gasteiger partial charge in [0.2, 0.25) is 7.44 Å². The Hall–Kier alpha value is -2.01. The van der Waals surface area contributed by atoms with Gasteiger partial charge in [-0.15, -0.1) is 0 Å². The zero-order valence-electron chi connectivity index (χ0n) is 21.9. The largest absolute Gasteiger partial charge is 0.323 e. The fraction of sp³-hybridized carbons (Fsp3) is 0.400. The third kappa shape index (κ3) is 5.32. The number of rotatable bonds is 8. The van der Waals surface area contributed by atoms with Crippen molar-refractivity contribution in [2.75, 3.05) is 0 Å². The molecule has 4 nitrogen and oxygen atoms in total. The number of hydrogen-bond donors (Lipinski definition) is 1. The summed E-state index contributed by atoms with van der Waals surface area (Å²) in [6, 6.07) is 32.5. The van der Waals surface area contributed by atoms with Crippen molar-refractivity contribution >= 4 is 15.7 Å². The molecule has 6 heteroatoms. The van der Waals surface area contributed by atoms with E-state index in [1.807, 2.05) is 0 Å². The average Bonchev–Trinajstić information content (AvgIpc) is 3.12. The zero-order valence-corrected chi connectivity index (χ0v) is 23.8. The summed E-state index contributed by atoms with van der Waals surface area (Å²) in [6.07, 6.45) is 4.65. The zero-order chi connectivity index (χ0) is 25.2. The van der Waals surface area contributed by atoms with Crippen LogP contribution in [0.3, 0.4) is 0 Å². The third-order valence-electron chi connectivity index (χ3n) is 7.59. The van der Waals surface area contributed by atoms with Crippen LogP contribution < -0.4 is 4.98 Å². The maximum Gasteiger partial charge on any atom is 0.238 e. The minimum absolute atomic E-state index is 0.219. The number of nitrogens with zero attached hydrogens (tertiary/aromatic N) is 2. The van der Waals surface area contributed by atoms with Gasteiger partial charge >= 0.3 is 0 Å². The predicted octanol–water partition coefficient (Wildman–Crippen LogP) is 7.63. The molecule has 1 unspecified atom stereocenters. The molecule has 0 amide bonds. The number of benzene rings is 3. The molecule has 1 heterocycles. The van der Waals surface area contributed by atoms with E-state index in [0.717, 1.165) is 31.5 Å². The second-order valence-corrected chi connectivity index (χ2v) is 18.9. The highest BCUT2D eigenvalue weighted by molar-refractivity contribution is 7.59. The monoisotopic (exact) mass is 517 g/mol. The molecule has 2 fully saturated rings. The summed E-state index contributed by atoms with van der Waals surface area (Å²) in [5.74, 6) is -0.219. The number of nitrogens with one attached hydrogen (secondary N) is 1. The van der Waals surface area contributed by atoms with E-state index >= 15 is 4.57 Å². The van der Waals surface area contributed by atoms with Crippen LogP contribution in [0.5, 0.6) is 0 Å². The van der Waals surface area contributed by atoms with Gasteiger partial charge in [-0.05, 0) is 29.5 Å². The molecule has 1 aliphatic carbocycles. The molecule has 1 saturated heterocycles. The number of hydrogen-bond acceptors (Lipinski definition) is 2. The lowest BCUT2D eigenvalue weighted by molar-refractivity contribution is 0.197. The number of fused-ring (bicyclic) bond motifs is 1. The van der Waals surface area contributed by atoms with Crippen molar-refractivity contribution in [2.45, 2.75) is 76.3 Å². The molecule has 1 aliphatic heterocycles. The standard InChI is InChI=1S/C30H40N3OPSi/c1-36(2,3)31-30(27-19-11-6-12-20-27)35(34)32(23-25-15-7-4-8-16-25)28-21-13-14-22-29(28)33(35)24-26-17-9-5-10-18-26/h4-12,15-20,28-31H,13-14,21-24H2,1-3H3/t28-,29-,30?/m1/s1. The summed E-state index contributed by atoms with van der Waals surface area (Å²) in [5, 5.41) is 0. The van der Waals surface area contributed by atoms with E-state index in [1.54, 1.807) is 0 Å². The van der Waals surface area contributed by atoms with E-state index in [0.29, 0.717) is 12.1 Å². The van der Waals surface area contributed by atoms with Gasteiger partial charge in [0.1, 0.15) is 14.0 Å². The molecular formula is C30H40N3OPSi. The van der Waals surface area contributed by atoms with Crippen LogP contribution in [0.2, 0.25) is 19.6 Å². The smallest absolute Gasteiger partial charge is 0.238 e. The molecule has 2 aliphatic rings. The van der Waals surface area contributed by atoms with Crippen molar-refractivity contribution in [3.8, 4) is 0 Å². The van der Waals surface area contributed by atoms with Crippen LogP contribution in [0.15, 0.2) is 91.0 Å². The van der Waals surface area contributed by atoms with Gasteiger partial charge in [0.15, 0.2) is 0 Å². The van der Waals surface area contributed by atoms with Crippen molar-refractivity contribution in [3.05, 3.63) is 108 Å². The predicted molar refractivity (Wildman–Crippen MR) is 153 cm³/mol. The quantitative estimate of drug-likeness (QED) is 0.246. The first-order valence-corrected chi connectivity index (χ1v) is 18.6. The first-order chi connectivity index (χ1) is 17.4. The van der Waals surface area contributed by atoms with Gasteiger partial charge < -0.3 is 4.98 Å². The van der Waals surface area contributed by atoms with Gasteiger partial charge in [0.25, 0.3) is 0 Å². The SMILES string of the molecule is C[Si](C)(C)NC(c1ccccc1)P1(=O)N(Cc2ccccc2)[C@@H]2CCCC[C@H]2N1Cc1ccccc1. The minimum Gasteiger partial charge on any atom is -0.323 e.